The molecule has 1 saturated carbocycles. The van der Waals surface area contributed by atoms with Crippen LogP contribution >= 0.6 is 0 Å². The minimum atomic E-state index is 0.244. The standard InChI is InChI=1S/C22H34N2O/c25-22(23-21-12-6-1-2-7-13-21)20-14-17-24(18-15-20)16-8-11-19-9-4-3-5-10-19/h3-5,9-10,20-21H,1-2,6-8,11-18H2,(H,23,25). The predicted octanol–water partition coefficient (Wildman–Crippen LogP) is 4.17. The molecule has 0 bridgehead atoms. The lowest BCUT2D eigenvalue weighted by Crippen LogP contribution is -2.44. The minimum Gasteiger partial charge on any atom is -0.353 e. The Bertz CT molecular complexity index is 500. The van der Waals surface area contributed by atoms with Crippen molar-refractivity contribution in [3.63, 3.8) is 0 Å². The van der Waals surface area contributed by atoms with Gasteiger partial charge < -0.3 is 10.2 Å². The number of likely N-dealkylation sites (tertiary alicyclic amines) is 1. The average molecular weight is 343 g/mol. The molecule has 1 saturated heterocycles. The van der Waals surface area contributed by atoms with Crippen LogP contribution in [-0.4, -0.2) is 36.5 Å². The first kappa shape index (κ1) is 18.4. The Morgan fingerprint density at radius 1 is 0.960 bits per heavy atom. The zero-order valence-corrected chi connectivity index (χ0v) is 15.6. The SMILES string of the molecule is O=C(NC1CCCCCC1)C1CCN(CCCc2ccccc2)CC1. The summed E-state index contributed by atoms with van der Waals surface area (Å²) in [6.07, 6.45) is 12.0. The van der Waals surface area contributed by atoms with Crippen LogP contribution in [0.2, 0.25) is 0 Å². The smallest absolute Gasteiger partial charge is 0.223 e. The summed E-state index contributed by atoms with van der Waals surface area (Å²) in [5.74, 6) is 0.574. The van der Waals surface area contributed by atoms with E-state index in [1.807, 2.05) is 0 Å². The number of hydrogen-bond donors (Lipinski definition) is 1. The van der Waals surface area contributed by atoms with Crippen molar-refractivity contribution in [1.29, 1.82) is 0 Å². The number of hydrogen-bond acceptors (Lipinski definition) is 2. The fraction of sp³-hybridized carbons (Fsp3) is 0.682. The molecule has 3 nitrogen and oxygen atoms in total. The highest BCUT2D eigenvalue weighted by molar-refractivity contribution is 5.79. The Kier molecular flexibility index (Phi) is 7.35. The van der Waals surface area contributed by atoms with Gasteiger partial charge >= 0.3 is 0 Å². The van der Waals surface area contributed by atoms with Gasteiger partial charge in [0.1, 0.15) is 0 Å². The van der Waals surface area contributed by atoms with E-state index in [4.69, 9.17) is 0 Å². The molecule has 1 heterocycles. The van der Waals surface area contributed by atoms with E-state index in [9.17, 15) is 4.79 Å². The van der Waals surface area contributed by atoms with E-state index in [0.717, 1.165) is 38.9 Å². The van der Waals surface area contributed by atoms with E-state index < -0.39 is 0 Å². The molecule has 2 aliphatic rings. The third-order valence-corrected chi connectivity index (χ3v) is 5.94. The van der Waals surface area contributed by atoms with Crippen molar-refractivity contribution >= 4 is 5.91 Å². The van der Waals surface area contributed by atoms with E-state index in [-0.39, 0.29) is 5.92 Å². The minimum absolute atomic E-state index is 0.244. The average Bonchev–Trinajstić information content (AvgIpc) is 2.92. The molecule has 0 aromatic heterocycles. The fourth-order valence-corrected chi connectivity index (χ4v) is 4.31. The lowest BCUT2D eigenvalue weighted by molar-refractivity contribution is -0.127. The van der Waals surface area contributed by atoms with Crippen molar-refractivity contribution < 1.29 is 4.79 Å². The van der Waals surface area contributed by atoms with E-state index in [1.54, 1.807) is 0 Å². The third-order valence-electron chi connectivity index (χ3n) is 5.94. The Morgan fingerprint density at radius 2 is 1.64 bits per heavy atom. The number of amides is 1. The van der Waals surface area contributed by atoms with E-state index >= 15 is 0 Å². The first-order chi connectivity index (χ1) is 12.3. The number of aryl methyl sites for hydroxylation is 1. The molecular weight excluding hydrogens is 308 g/mol. The molecule has 0 atom stereocenters. The molecular formula is C22H34N2O. The number of piperidine rings is 1. The van der Waals surface area contributed by atoms with Crippen LogP contribution in [0.25, 0.3) is 0 Å². The van der Waals surface area contributed by atoms with Crippen molar-refractivity contribution in [2.24, 2.45) is 5.92 Å². The maximum Gasteiger partial charge on any atom is 0.223 e. The lowest BCUT2D eigenvalue weighted by atomic mass is 9.94. The van der Waals surface area contributed by atoms with Crippen LogP contribution in [0.5, 0.6) is 0 Å². The lowest BCUT2D eigenvalue weighted by Gasteiger charge is -2.32. The second-order valence-electron chi connectivity index (χ2n) is 7.90. The second kappa shape index (κ2) is 9.96. The summed E-state index contributed by atoms with van der Waals surface area (Å²) in [7, 11) is 0. The van der Waals surface area contributed by atoms with Crippen LogP contribution in [0, 0.1) is 5.92 Å². The summed E-state index contributed by atoms with van der Waals surface area (Å²) < 4.78 is 0. The summed E-state index contributed by atoms with van der Waals surface area (Å²) in [4.78, 5) is 15.1. The van der Waals surface area contributed by atoms with Gasteiger partial charge in [0, 0.05) is 12.0 Å². The fourth-order valence-electron chi connectivity index (χ4n) is 4.31. The molecule has 0 unspecified atom stereocenters. The van der Waals surface area contributed by atoms with Crippen LogP contribution in [-0.2, 0) is 11.2 Å². The number of nitrogens with one attached hydrogen (secondary N) is 1. The first-order valence-electron chi connectivity index (χ1n) is 10.4. The van der Waals surface area contributed by atoms with Gasteiger partial charge in [0.2, 0.25) is 5.91 Å². The van der Waals surface area contributed by atoms with Crippen molar-refractivity contribution in [1.82, 2.24) is 10.2 Å². The summed E-state index contributed by atoms with van der Waals surface area (Å²) in [5.41, 5.74) is 1.43. The quantitative estimate of drug-likeness (QED) is 0.787. The maximum atomic E-state index is 12.6. The van der Waals surface area contributed by atoms with Gasteiger partial charge in [-0.2, -0.15) is 0 Å². The summed E-state index contributed by atoms with van der Waals surface area (Å²) >= 11 is 0. The van der Waals surface area contributed by atoms with E-state index in [0.29, 0.717) is 11.9 Å². The molecule has 3 rings (SSSR count). The Hall–Kier alpha value is -1.35. The number of benzene rings is 1. The molecule has 1 amide bonds. The zero-order valence-electron chi connectivity index (χ0n) is 15.6. The topological polar surface area (TPSA) is 32.3 Å². The van der Waals surface area contributed by atoms with E-state index in [2.05, 4.69) is 40.5 Å². The van der Waals surface area contributed by atoms with Crippen LogP contribution < -0.4 is 5.32 Å². The molecule has 2 fully saturated rings. The molecule has 1 aromatic carbocycles. The second-order valence-corrected chi connectivity index (χ2v) is 7.90. The van der Waals surface area contributed by atoms with Crippen molar-refractivity contribution in [3.05, 3.63) is 35.9 Å². The predicted molar refractivity (Wildman–Crippen MR) is 104 cm³/mol. The van der Waals surface area contributed by atoms with E-state index in [1.165, 1.54) is 50.5 Å². The van der Waals surface area contributed by atoms with Gasteiger partial charge in [-0.25, -0.2) is 0 Å². The van der Waals surface area contributed by atoms with Crippen molar-refractivity contribution in [2.45, 2.75) is 70.3 Å². The first-order valence-corrected chi connectivity index (χ1v) is 10.4. The van der Waals surface area contributed by atoms with Crippen LogP contribution in [0.1, 0.15) is 63.4 Å². The molecule has 0 radical (unpaired) electrons. The molecule has 1 N–H and O–H groups in total. The highest BCUT2D eigenvalue weighted by Crippen LogP contribution is 2.21. The molecule has 1 aliphatic carbocycles. The third kappa shape index (κ3) is 6.14. The monoisotopic (exact) mass is 342 g/mol. The van der Waals surface area contributed by atoms with Crippen LogP contribution in [0.4, 0.5) is 0 Å². The number of rotatable bonds is 6. The highest BCUT2D eigenvalue weighted by atomic mass is 16.1. The summed E-state index contributed by atoms with van der Waals surface area (Å²) in [5, 5.41) is 3.35. The normalized spacial score (nSPS) is 21.0. The van der Waals surface area contributed by atoms with Crippen LogP contribution in [0.3, 0.4) is 0 Å². The van der Waals surface area contributed by atoms with Crippen LogP contribution in [0.15, 0.2) is 30.3 Å². The van der Waals surface area contributed by atoms with Crippen molar-refractivity contribution in [2.75, 3.05) is 19.6 Å². The van der Waals surface area contributed by atoms with Gasteiger partial charge in [0.15, 0.2) is 0 Å². The number of carbonyl (C=O) groups excluding carboxylic acids is 1. The van der Waals surface area contributed by atoms with Gasteiger partial charge in [0.05, 0.1) is 0 Å². The summed E-state index contributed by atoms with van der Waals surface area (Å²) in [6, 6.07) is 11.2. The number of nitrogens with zero attached hydrogens (tertiary/aromatic N) is 1. The number of carbonyl (C=O) groups is 1. The molecule has 0 spiro atoms. The van der Waals surface area contributed by atoms with Gasteiger partial charge in [-0.15, -0.1) is 0 Å². The maximum absolute atomic E-state index is 12.6. The van der Waals surface area contributed by atoms with Gasteiger partial charge in [0.25, 0.3) is 0 Å². The Balaban J connectivity index is 1.33. The Labute approximate surface area is 153 Å². The van der Waals surface area contributed by atoms with Gasteiger partial charge in [-0.05, 0) is 63.7 Å². The van der Waals surface area contributed by atoms with Crippen molar-refractivity contribution in [3.8, 4) is 0 Å². The molecule has 1 aromatic rings. The molecule has 138 valence electrons. The molecule has 25 heavy (non-hydrogen) atoms. The molecule has 1 aliphatic heterocycles. The van der Waals surface area contributed by atoms with Gasteiger partial charge in [-0.3, -0.25) is 4.79 Å². The molecule has 3 heteroatoms. The largest absolute Gasteiger partial charge is 0.353 e. The van der Waals surface area contributed by atoms with Gasteiger partial charge in [-0.1, -0.05) is 56.0 Å². The Morgan fingerprint density at radius 3 is 2.32 bits per heavy atom. The highest BCUT2D eigenvalue weighted by Gasteiger charge is 2.26. The summed E-state index contributed by atoms with van der Waals surface area (Å²) in [6.45, 7) is 3.32. The zero-order chi connectivity index (χ0) is 17.3.